The quantitative estimate of drug-likeness (QED) is 0.318. The smallest absolute Gasteiger partial charge is 0.319 e. The van der Waals surface area contributed by atoms with Gasteiger partial charge in [-0.25, -0.2) is 18.2 Å². The van der Waals surface area contributed by atoms with Crippen molar-refractivity contribution in [2.45, 2.75) is 50.5 Å². The van der Waals surface area contributed by atoms with Crippen LogP contribution < -0.4 is 15.0 Å². The highest BCUT2D eigenvalue weighted by Crippen LogP contribution is 2.40. The number of aromatic nitrogens is 3. The lowest BCUT2D eigenvalue weighted by atomic mass is 9.95. The Hall–Kier alpha value is -4.58. The minimum absolute atomic E-state index is 0.0540. The highest BCUT2D eigenvalue weighted by molar-refractivity contribution is 6.04. The number of phenols is 1. The molecule has 2 bridgehead atoms. The van der Waals surface area contributed by atoms with Crippen LogP contribution in [0.3, 0.4) is 0 Å². The zero-order chi connectivity index (χ0) is 31.4. The first-order valence-corrected chi connectivity index (χ1v) is 15.0. The molecule has 230 valence electrons. The van der Waals surface area contributed by atoms with E-state index in [9.17, 15) is 13.9 Å². The largest absolute Gasteiger partial charge is 0.508 e. The average Bonchev–Trinajstić information content (AvgIpc) is 3.54. The average molecular weight is 613 g/mol. The Morgan fingerprint density at radius 1 is 1.09 bits per heavy atom. The number of nitrogens with zero attached hydrogens (tertiary/aromatic N) is 5. The first kappa shape index (κ1) is 29.1. The van der Waals surface area contributed by atoms with Crippen molar-refractivity contribution in [2.75, 3.05) is 38.2 Å². The monoisotopic (exact) mass is 612 g/mol. The second kappa shape index (κ2) is 11.4. The molecular formula is C34H31F3N6O2. The van der Waals surface area contributed by atoms with Gasteiger partial charge in [0.1, 0.15) is 47.1 Å². The van der Waals surface area contributed by atoms with Gasteiger partial charge in [0.2, 0.25) is 0 Å². The highest BCUT2D eigenvalue weighted by Gasteiger charge is 2.35. The summed E-state index contributed by atoms with van der Waals surface area (Å²) in [6.45, 7) is 3.36. The van der Waals surface area contributed by atoms with Crippen molar-refractivity contribution in [2.24, 2.45) is 0 Å². The Bertz CT molecular complexity index is 1940. The number of likely N-dealkylation sites (N-methyl/N-ethyl adjacent to an activating group) is 1. The summed E-state index contributed by atoms with van der Waals surface area (Å²) in [5.41, 5.74) is -0.0397. The molecule has 4 atom stereocenters. The Morgan fingerprint density at radius 2 is 1.87 bits per heavy atom. The molecule has 2 aromatic carbocycles. The molecular weight excluding hydrogens is 581 g/mol. The van der Waals surface area contributed by atoms with Gasteiger partial charge in [-0.3, -0.25) is 4.90 Å². The molecule has 0 aliphatic carbocycles. The standard InChI is InChI=1S/C34H31F3N6O2/c1-4-6-27-29-32(30(37)31(39-27)25-13-23(44)11-18-7-10-26(36)24(5-2)28(18)25)40-34(45-17-22-12-19(35)14-42(22)3)41-33(29)43-15-20-8-9-21(16-43)38-20/h2,7,10-11,13,19-22,38,44H,8-9,12,14-17H2,1,3H3/t19-,20-,21+,22-/m0/s1. The van der Waals surface area contributed by atoms with Crippen molar-refractivity contribution in [3.05, 3.63) is 47.2 Å². The zero-order valence-corrected chi connectivity index (χ0v) is 24.9. The SMILES string of the molecule is C#Cc1c(F)ccc2cc(O)cc(-c3nc(C#CC)c4c(N5C[C@H]6CC[C@@H](C5)N6)nc(OC[C@@H]5C[C@H](F)CN5C)nc4c3F)c12. The molecule has 0 amide bonds. The number of anilines is 1. The normalized spacial score (nSPS) is 22.9. The molecule has 3 aliphatic rings. The predicted molar refractivity (Wildman–Crippen MR) is 166 cm³/mol. The summed E-state index contributed by atoms with van der Waals surface area (Å²) in [6.07, 6.45) is 7.09. The summed E-state index contributed by atoms with van der Waals surface area (Å²) < 4.78 is 52.0. The summed E-state index contributed by atoms with van der Waals surface area (Å²) in [6, 6.07) is 5.66. The van der Waals surface area contributed by atoms with Crippen molar-refractivity contribution in [3.8, 4) is 47.2 Å². The Labute approximate surface area is 258 Å². The van der Waals surface area contributed by atoms with Crippen LogP contribution in [-0.4, -0.2) is 82.5 Å². The van der Waals surface area contributed by atoms with E-state index >= 15 is 4.39 Å². The number of halogens is 3. The zero-order valence-electron chi connectivity index (χ0n) is 24.9. The van der Waals surface area contributed by atoms with Crippen LogP contribution in [-0.2, 0) is 0 Å². The summed E-state index contributed by atoms with van der Waals surface area (Å²) in [5, 5.41) is 15.2. The van der Waals surface area contributed by atoms with Crippen molar-refractivity contribution in [1.29, 1.82) is 0 Å². The number of hydrogen-bond donors (Lipinski definition) is 2. The number of benzene rings is 2. The van der Waals surface area contributed by atoms with Gasteiger partial charge in [0.15, 0.2) is 5.82 Å². The molecule has 0 spiro atoms. The third-order valence-electron chi connectivity index (χ3n) is 9.00. The number of alkyl halides is 1. The number of hydrogen-bond acceptors (Lipinski definition) is 8. The fraction of sp³-hybridized carbons (Fsp3) is 0.382. The maximum Gasteiger partial charge on any atom is 0.319 e. The van der Waals surface area contributed by atoms with Gasteiger partial charge >= 0.3 is 6.01 Å². The number of piperazine rings is 1. The van der Waals surface area contributed by atoms with E-state index in [1.807, 2.05) is 11.9 Å². The summed E-state index contributed by atoms with van der Waals surface area (Å²) in [7, 11) is 1.83. The molecule has 11 heteroatoms. The van der Waals surface area contributed by atoms with Gasteiger partial charge in [-0.2, -0.15) is 9.97 Å². The number of likely N-dealkylation sites (tertiary alicyclic amines) is 1. The van der Waals surface area contributed by atoms with Gasteiger partial charge in [-0.05, 0) is 62.7 Å². The van der Waals surface area contributed by atoms with Gasteiger partial charge in [-0.15, -0.1) is 6.42 Å². The van der Waals surface area contributed by atoms with Gasteiger partial charge < -0.3 is 20.1 Å². The second-order valence-corrected chi connectivity index (χ2v) is 12.0. The molecule has 2 N–H and O–H groups in total. The fourth-order valence-electron chi connectivity index (χ4n) is 6.92. The second-order valence-electron chi connectivity index (χ2n) is 12.0. The molecule has 2 aromatic heterocycles. The Balaban J connectivity index is 1.46. The maximum absolute atomic E-state index is 16.9. The number of terminal acetylenes is 1. The van der Waals surface area contributed by atoms with Gasteiger partial charge in [0.25, 0.3) is 0 Å². The first-order chi connectivity index (χ1) is 21.7. The van der Waals surface area contributed by atoms with E-state index in [1.165, 1.54) is 24.3 Å². The molecule has 7 rings (SSSR count). The van der Waals surface area contributed by atoms with Crippen molar-refractivity contribution in [1.82, 2.24) is 25.2 Å². The number of nitrogens with one attached hydrogen (secondary N) is 1. The van der Waals surface area contributed by atoms with Crippen LogP contribution in [0.15, 0.2) is 24.3 Å². The number of pyridine rings is 1. The first-order valence-electron chi connectivity index (χ1n) is 15.0. The molecule has 3 aliphatic heterocycles. The van der Waals surface area contributed by atoms with Crippen LogP contribution in [0.2, 0.25) is 0 Å². The molecule has 0 unspecified atom stereocenters. The summed E-state index contributed by atoms with van der Waals surface area (Å²) in [5.74, 6) is 7.02. The van der Waals surface area contributed by atoms with Crippen molar-refractivity contribution < 1.29 is 23.0 Å². The lowest BCUT2D eigenvalue weighted by Crippen LogP contribution is -2.51. The molecule has 3 fully saturated rings. The van der Waals surface area contributed by atoms with E-state index in [1.54, 1.807) is 6.92 Å². The third kappa shape index (κ3) is 5.16. The topological polar surface area (TPSA) is 86.6 Å². The lowest BCUT2D eigenvalue weighted by molar-refractivity contribution is 0.188. The third-order valence-corrected chi connectivity index (χ3v) is 9.00. The molecule has 4 aromatic rings. The van der Waals surface area contributed by atoms with Crippen LogP contribution in [0.5, 0.6) is 11.8 Å². The van der Waals surface area contributed by atoms with E-state index in [2.05, 4.69) is 37.9 Å². The van der Waals surface area contributed by atoms with E-state index in [-0.39, 0.29) is 69.9 Å². The lowest BCUT2D eigenvalue weighted by Gasteiger charge is -2.34. The van der Waals surface area contributed by atoms with E-state index in [0.717, 1.165) is 12.8 Å². The molecule has 8 nitrogen and oxygen atoms in total. The maximum atomic E-state index is 16.9. The van der Waals surface area contributed by atoms with Crippen molar-refractivity contribution in [3.63, 3.8) is 0 Å². The van der Waals surface area contributed by atoms with Crippen LogP contribution in [0.4, 0.5) is 19.0 Å². The highest BCUT2D eigenvalue weighted by atomic mass is 19.1. The van der Waals surface area contributed by atoms with Crippen LogP contribution in [0.1, 0.15) is 37.4 Å². The number of rotatable bonds is 5. The minimum Gasteiger partial charge on any atom is -0.508 e. The molecule has 0 saturated carbocycles. The van der Waals surface area contributed by atoms with Gasteiger partial charge in [0, 0.05) is 48.7 Å². The van der Waals surface area contributed by atoms with Crippen LogP contribution in [0, 0.1) is 35.8 Å². The molecule has 3 saturated heterocycles. The number of fused-ring (bicyclic) bond motifs is 4. The number of aromatic hydroxyl groups is 1. The predicted octanol–water partition coefficient (Wildman–Crippen LogP) is 4.54. The van der Waals surface area contributed by atoms with E-state index in [4.69, 9.17) is 16.1 Å². The molecule has 0 radical (unpaired) electrons. The number of ether oxygens (including phenoxy) is 1. The number of phenolic OH excluding ortho intramolecular Hbond substituents is 1. The van der Waals surface area contributed by atoms with Crippen LogP contribution >= 0.6 is 0 Å². The van der Waals surface area contributed by atoms with E-state index in [0.29, 0.717) is 42.6 Å². The Kier molecular flexibility index (Phi) is 7.39. The molecule has 45 heavy (non-hydrogen) atoms. The molecule has 5 heterocycles. The van der Waals surface area contributed by atoms with E-state index < -0.39 is 17.8 Å². The minimum atomic E-state index is -0.955. The van der Waals surface area contributed by atoms with Gasteiger partial charge in [-0.1, -0.05) is 17.9 Å². The summed E-state index contributed by atoms with van der Waals surface area (Å²) in [4.78, 5) is 17.9. The van der Waals surface area contributed by atoms with Gasteiger partial charge in [0.05, 0.1) is 10.9 Å². The fourth-order valence-corrected chi connectivity index (χ4v) is 6.92. The van der Waals surface area contributed by atoms with Crippen molar-refractivity contribution >= 4 is 27.5 Å². The summed E-state index contributed by atoms with van der Waals surface area (Å²) >= 11 is 0. The van der Waals surface area contributed by atoms with Crippen LogP contribution in [0.25, 0.3) is 32.9 Å². The Morgan fingerprint density at radius 3 is 2.56 bits per heavy atom.